The molecule has 2 aliphatic heterocycles. The van der Waals surface area contributed by atoms with Crippen molar-refractivity contribution in [3.63, 3.8) is 0 Å². The van der Waals surface area contributed by atoms with Crippen molar-refractivity contribution in [2.75, 3.05) is 13.2 Å². The number of rotatable bonds is 5. The normalized spacial score (nSPS) is 21.4. The van der Waals surface area contributed by atoms with Gasteiger partial charge in [0.2, 0.25) is 5.60 Å². The lowest BCUT2D eigenvalue weighted by molar-refractivity contribution is -0.304. The number of esters is 2. The molecule has 4 rings (SSSR count). The zero-order chi connectivity index (χ0) is 26.3. The van der Waals surface area contributed by atoms with Gasteiger partial charge in [0.15, 0.2) is 6.23 Å². The van der Waals surface area contributed by atoms with Gasteiger partial charge in [-0.1, -0.05) is 52.3 Å². The average Bonchev–Trinajstić information content (AvgIpc) is 2.83. The van der Waals surface area contributed by atoms with E-state index in [-0.39, 0.29) is 18.8 Å². The predicted molar refractivity (Wildman–Crippen MR) is 128 cm³/mol. The van der Waals surface area contributed by atoms with Gasteiger partial charge in [-0.25, -0.2) is 9.59 Å². The van der Waals surface area contributed by atoms with E-state index in [9.17, 15) is 9.59 Å². The van der Waals surface area contributed by atoms with E-state index in [1.807, 2.05) is 0 Å². The van der Waals surface area contributed by atoms with Gasteiger partial charge in [0.25, 0.3) is 0 Å². The van der Waals surface area contributed by atoms with Crippen LogP contribution in [0.25, 0.3) is 6.08 Å². The Morgan fingerprint density at radius 3 is 2.25 bits per heavy atom. The van der Waals surface area contributed by atoms with Gasteiger partial charge in [0.1, 0.15) is 11.3 Å². The van der Waals surface area contributed by atoms with Crippen molar-refractivity contribution in [1.29, 1.82) is 0 Å². The average molecular weight is 566 g/mol. The summed E-state index contributed by atoms with van der Waals surface area (Å²) in [6.07, 6.45) is -4.84. The van der Waals surface area contributed by atoms with E-state index in [2.05, 4.69) is 15.9 Å². The van der Waals surface area contributed by atoms with Crippen molar-refractivity contribution in [1.82, 2.24) is 4.90 Å². The first-order valence-electron chi connectivity index (χ1n) is 11.2. The summed E-state index contributed by atoms with van der Waals surface area (Å²) < 4.78 is 62.7. The SMILES string of the molecule is CCOC(=O)C1=C(C(=O)OCC)C(c2ccc(Br)cc2)(C(F)(F)F)OC2c3ccccc3C=C(C)N12. The Hall–Kier alpha value is -3.11. The van der Waals surface area contributed by atoms with Crippen molar-refractivity contribution in [3.8, 4) is 0 Å². The quantitative estimate of drug-likeness (QED) is 0.415. The summed E-state index contributed by atoms with van der Waals surface area (Å²) in [5.41, 5.74) is -3.84. The number of allylic oxidation sites excluding steroid dienone is 1. The molecule has 0 aliphatic carbocycles. The molecule has 2 aliphatic rings. The second kappa shape index (κ2) is 9.74. The molecule has 2 aromatic rings. The van der Waals surface area contributed by atoms with Crippen LogP contribution in [0.3, 0.4) is 0 Å². The molecule has 2 atom stereocenters. The van der Waals surface area contributed by atoms with E-state index in [4.69, 9.17) is 14.2 Å². The Kier molecular flexibility index (Phi) is 7.03. The number of ether oxygens (including phenoxy) is 3. The van der Waals surface area contributed by atoms with Gasteiger partial charge >= 0.3 is 18.1 Å². The minimum atomic E-state index is -5.17. The van der Waals surface area contributed by atoms with Gasteiger partial charge in [0, 0.05) is 15.7 Å². The monoisotopic (exact) mass is 565 g/mol. The van der Waals surface area contributed by atoms with E-state index in [1.165, 1.54) is 43.0 Å². The van der Waals surface area contributed by atoms with Gasteiger partial charge in [-0.05, 0) is 50.1 Å². The molecular weight excluding hydrogens is 543 g/mol. The Balaban J connectivity index is 2.16. The minimum Gasteiger partial charge on any atom is -0.462 e. The second-order valence-corrected chi connectivity index (χ2v) is 9.02. The number of carbonyl (C=O) groups excluding carboxylic acids is 2. The minimum absolute atomic E-state index is 0.117. The van der Waals surface area contributed by atoms with E-state index in [0.717, 1.165) is 0 Å². The molecule has 0 saturated heterocycles. The van der Waals surface area contributed by atoms with Crippen molar-refractivity contribution in [3.05, 3.63) is 86.7 Å². The third-order valence-corrected chi connectivity index (χ3v) is 6.49. The highest BCUT2D eigenvalue weighted by Crippen LogP contribution is 2.57. The molecule has 6 nitrogen and oxygen atoms in total. The highest BCUT2D eigenvalue weighted by Gasteiger charge is 2.68. The fraction of sp³-hybridized carbons (Fsp3) is 0.308. The van der Waals surface area contributed by atoms with Crippen LogP contribution in [-0.2, 0) is 29.4 Å². The first-order chi connectivity index (χ1) is 17.1. The molecule has 2 heterocycles. The molecule has 0 bridgehead atoms. The van der Waals surface area contributed by atoms with Crippen LogP contribution in [0.5, 0.6) is 0 Å². The number of fused-ring (bicyclic) bond motifs is 3. The van der Waals surface area contributed by atoms with E-state index < -0.39 is 41.2 Å². The van der Waals surface area contributed by atoms with Gasteiger partial charge in [-0.2, -0.15) is 13.2 Å². The number of benzene rings is 2. The Bertz CT molecular complexity index is 1250. The molecular formula is C26H23BrF3NO5. The Morgan fingerprint density at radius 2 is 1.64 bits per heavy atom. The van der Waals surface area contributed by atoms with Crippen molar-refractivity contribution < 1.29 is 37.0 Å². The number of halogens is 4. The van der Waals surface area contributed by atoms with Crippen LogP contribution in [0.1, 0.15) is 43.7 Å². The maximum Gasteiger partial charge on any atom is 0.426 e. The van der Waals surface area contributed by atoms with Crippen molar-refractivity contribution in [2.45, 2.75) is 38.8 Å². The number of nitrogens with zero attached hydrogens (tertiary/aromatic N) is 1. The predicted octanol–water partition coefficient (Wildman–Crippen LogP) is 5.99. The summed E-state index contributed by atoms with van der Waals surface area (Å²) in [6, 6.07) is 12.0. The maximum absolute atomic E-state index is 15.3. The Labute approximate surface area is 214 Å². The second-order valence-electron chi connectivity index (χ2n) is 8.11. The number of hydrogen-bond donors (Lipinski definition) is 0. The molecule has 190 valence electrons. The lowest BCUT2D eigenvalue weighted by Gasteiger charge is -2.50. The smallest absolute Gasteiger partial charge is 0.426 e. The summed E-state index contributed by atoms with van der Waals surface area (Å²) in [6.45, 7) is 4.28. The highest BCUT2D eigenvalue weighted by atomic mass is 79.9. The molecule has 0 saturated carbocycles. The van der Waals surface area contributed by atoms with Crippen LogP contribution in [0.4, 0.5) is 13.2 Å². The zero-order valence-electron chi connectivity index (χ0n) is 19.7. The number of hydrogen-bond acceptors (Lipinski definition) is 6. The van der Waals surface area contributed by atoms with Crippen LogP contribution in [0.2, 0.25) is 0 Å². The fourth-order valence-electron chi connectivity index (χ4n) is 4.52. The number of carbonyl (C=O) groups is 2. The molecule has 2 unspecified atom stereocenters. The summed E-state index contributed by atoms with van der Waals surface area (Å²) in [5, 5.41) is 0. The molecule has 0 aromatic heterocycles. The Morgan fingerprint density at radius 1 is 1.03 bits per heavy atom. The summed E-state index contributed by atoms with van der Waals surface area (Å²) in [7, 11) is 0. The van der Waals surface area contributed by atoms with Crippen LogP contribution >= 0.6 is 15.9 Å². The molecule has 0 N–H and O–H groups in total. The molecule has 0 spiro atoms. The summed E-state index contributed by atoms with van der Waals surface area (Å²) in [4.78, 5) is 27.9. The lowest BCUT2D eigenvalue weighted by atomic mass is 9.80. The van der Waals surface area contributed by atoms with Crippen LogP contribution in [0, 0.1) is 0 Å². The maximum atomic E-state index is 15.3. The van der Waals surface area contributed by atoms with Gasteiger partial charge in [-0.3, -0.25) is 0 Å². The molecule has 0 amide bonds. The largest absolute Gasteiger partial charge is 0.462 e. The fourth-order valence-corrected chi connectivity index (χ4v) is 4.79. The molecule has 10 heteroatoms. The lowest BCUT2D eigenvalue weighted by Crippen LogP contribution is -2.57. The third kappa shape index (κ3) is 4.12. The summed E-state index contributed by atoms with van der Waals surface area (Å²) in [5.74, 6) is -2.42. The van der Waals surface area contributed by atoms with E-state index in [1.54, 1.807) is 37.3 Å². The van der Waals surface area contributed by atoms with E-state index in [0.29, 0.717) is 21.3 Å². The first kappa shape index (κ1) is 26.0. The molecule has 0 radical (unpaired) electrons. The van der Waals surface area contributed by atoms with Crippen LogP contribution in [-0.4, -0.2) is 36.2 Å². The molecule has 36 heavy (non-hydrogen) atoms. The molecule has 0 fully saturated rings. The molecule has 2 aromatic carbocycles. The van der Waals surface area contributed by atoms with Gasteiger partial charge < -0.3 is 19.1 Å². The van der Waals surface area contributed by atoms with E-state index >= 15 is 13.2 Å². The van der Waals surface area contributed by atoms with Crippen LogP contribution < -0.4 is 0 Å². The first-order valence-corrected chi connectivity index (χ1v) is 12.0. The summed E-state index contributed by atoms with van der Waals surface area (Å²) >= 11 is 3.23. The van der Waals surface area contributed by atoms with Gasteiger partial charge in [-0.15, -0.1) is 0 Å². The van der Waals surface area contributed by atoms with Crippen LogP contribution in [0.15, 0.2) is 70.0 Å². The third-order valence-electron chi connectivity index (χ3n) is 5.96. The topological polar surface area (TPSA) is 65.1 Å². The zero-order valence-corrected chi connectivity index (χ0v) is 21.3. The standard InChI is InChI=1S/C26H23BrF3NO5/c1-4-34-23(32)20-21(24(33)35-5-2)31-15(3)14-16-8-6-7-9-19(16)22(31)36-25(20,26(28,29)30)17-10-12-18(27)13-11-17/h6-14,22H,4-5H2,1-3H3. The number of alkyl halides is 3. The van der Waals surface area contributed by atoms with Crippen molar-refractivity contribution >= 4 is 33.9 Å². The van der Waals surface area contributed by atoms with Crippen molar-refractivity contribution in [2.24, 2.45) is 0 Å². The highest BCUT2D eigenvalue weighted by molar-refractivity contribution is 9.10. The van der Waals surface area contributed by atoms with Gasteiger partial charge in [0.05, 0.1) is 13.2 Å².